The van der Waals surface area contributed by atoms with Crippen molar-refractivity contribution < 1.29 is 90.8 Å². The molecule has 0 aromatic heterocycles. The van der Waals surface area contributed by atoms with Gasteiger partial charge in [-0.25, -0.2) is 24.0 Å². The van der Waals surface area contributed by atoms with Crippen molar-refractivity contribution in [3.8, 4) is 0 Å². The molecular formula is C68H75NO19. The summed E-state index contributed by atoms with van der Waals surface area (Å²) in [6.45, 7) is 9.47. The van der Waals surface area contributed by atoms with Gasteiger partial charge in [0.15, 0.2) is 23.6 Å². The lowest BCUT2D eigenvalue weighted by Crippen LogP contribution is -2.82. The molecule has 3 fully saturated rings. The molecule has 1 heterocycles. The van der Waals surface area contributed by atoms with Gasteiger partial charge in [0.25, 0.3) is 0 Å². The fraction of sp³-hybridized carbons (Fsp3) is 0.426. The van der Waals surface area contributed by atoms with Crippen LogP contribution in [-0.4, -0.2) is 114 Å². The number of Topliss-reactive ketones (excluding diaryl/α,β-unsaturated/α-hetero) is 1. The molecule has 3 aliphatic carbocycles. The van der Waals surface area contributed by atoms with Crippen LogP contribution in [0.15, 0.2) is 163 Å². The van der Waals surface area contributed by atoms with E-state index in [0.717, 1.165) is 12.5 Å². The largest absolute Gasteiger partial charge is 0.509 e. The quantitative estimate of drug-likeness (QED) is 0.0215. The molecule has 2 N–H and O–H groups in total. The number of carbonyl (C=O) groups excluding carboxylic acids is 7. The summed E-state index contributed by atoms with van der Waals surface area (Å²) in [6, 6.07) is 42.3. The standard InChI is InChI=1S/C68H75NO19/c1-42(2)33-50(69-62(74)79-37-46-25-15-9-16-26-46)55(83-41-78-36-45-23-13-8-14-24-45)61(73)84-51-35-68(77)59(87-60(72)49-31-21-12-22-32-49)57-66(7,58(71)56(54(43(51)3)65(68,5)6)86-64(76)81-39-48-29-19-11-20-30-48)52(34-53-67(57,40-82-53)88-44(4)70)85-63(75)80-38-47-27-17-10-18-28-47/h8-32,42,50-53,55-57,59,77H,33-41H2,1-7H3,(H,69,74)/t50-,51-,52-,53+,55+,56+,57?,59-,66+,67-,68?/m0/s1. The smallest absolute Gasteiger partial charge is 0.456 e. The lowest BCUT2D eigenvalue weighted by Gasteiger charge is -2.67. The monoisotopic (exact) mass is 1210 g/mol. The van der Waals surface area contributed by atoms with Gasteiger partial charge in [0.1, 0.15) is 56.6 Å². The fourth-order valence-corrected chi connectivity index (χ4v) is 12.8. The van der Waals surface area contributed by atoms with E-state index in [1.807, 2.05) is 50.2 Å². The zero-order valence-electron chi connectivity index (χ0n) is 50.3. The van der Waals surface area contributed by atoms with E-state index in [2.05, 4.69) is 5.32 Å². The Labute approximate surface area is 511 Å². The van der Waals surface area contributed by atoms with Crippen molar-refractivity contribution in [2.45, 2.75) is 148 Å². The maximum Gasteiger partial charge on any atom is 0.509 e. The van der Waals surface area contributed by atoms with Gasteiger partial charge >= 0.3 is 36.3 Å². The van der Waals surface area contributed by atoms with E-state index >= 15 is 9.59 Å². The zero-order valence-corrected chi connectivity index (χ0v) is 50.3. The number of rotatable bonds is 22. The highest BCUT2D eigenvalue weighted by Crippen LogP contribution is 2.65. The summed E-state index contributed by atoms with van der Waals surface area (Å²) in [4.78, 5) is 103. The number of ether oxygens (including phenoxy) is 11. The van der Waals surface area contributed by atoms with Gasteiger partial charge in [0.2, 0.25) is 0 Å². The van der Waals surface area contributed by atoms with E-state index in [0.29, 0.717) is 16.7 Å². The van der Waals surface area contributed by atoms with Gasteiger partial charge in [-0.3, -0.25) is 9.59 Å². The van der Waals surface area contributed by atoms with Crippen molar-refractivity contribution in [1.29, 1.82) is 0 Å². The van der Waals surface area contributed by atoms with E-state index in [4.69, 9.17) is 52.1 Å². The van der Waals surface area contributed by atoms with Gasteiger partial charge in [0.05, 0.1) is 36.2 Å². The highest BCUT2D eigenvalue weighted by atomic mass is 16.7. The highest BCUT2D eigenvalue weighted by Gasteiger charge is 2.79. The molecule has 0 radical (unpaired) electrons. The van der Waals surface area contributed by atoms with Gasteiger partial charge in [0, 0.05) is 25.2 Å². The van der Waals surface area contributed by atoms with Crippen LogP contribution in [0.4, 0.5) is 14.4 Å². The average molecular weight is 1210 g/mol. The first-order valence-corrected chi connectivity index (χ1v) is 29.3. The van der Waals surface area contributed by atoms with Gasteiger partial charge < -0.3 is 62.5 Å². The summed E-state index contributed by atoms with van der Waals surface area (Å²) in [5.41, 5.74) is -5.94. The molecule has 9 rings (SSSR count). The molecule has 2 saturated carbocycles. The van der Waals surface area contributed by atoms with Crippen molar-refractivity contribution in [3.05, 3.63) is 191 Å². The third-order valence-electron chi connectivity index (χ3n) is 17.3. The number of hydrogen-bond donors (Lipinski definition) is 2. The molecule has 0 spiro atoms. The van der Waals surface area contributed by atoms with Crippen molar-refractivity contribution in [1.82, 2.24) is 5.32 Å². The Bertz CT molecular complexity index is 3290. The second-order valence-electron chi connectivity index (χ2n) is 23.8. The van der Waals surface area contributed by atoms with Crippen LogP contribution in [0.1, 0.15) is 100 Å². The molecule has 20 heteroatoms. The molecule has 20 nitrogen and oxygen atoms in total. The molecule has 1 saturated heterocycles. The van der Waals surface area contributed by atoms with E-state index in [1.165, 1.54) is 26.0 Å². The molecule has 5 aromatic carbocycles. The average Bonchev–Trinajstić information content (AvgIpc) is 0.671. The van der Waals surface area contributed by atoms with Gasteiger partial charge in [-0.15, -0.1) is 0 Å². The highest BCUT2D eigenvalue weighted by molar-refractivity contribution is 5.95. The predicted octanol–water partition coefficient (Wildman–Crippen LogP) is 10.3. The Hall–Kier alpha value is -8.43. The van der Waals surface area contributed by atoms with Crippen LogP contribution in [0, 0.1) is 22.7 Å². The van der Waals surface area contributed by atoms with Crippen molar-refractivity contribution >= 4 is 42.1 Å². The molecular weight excluding hydrogens is 1130 g/mol. The number of esters is 3. The number of alkyl carbamates (subject to hydrolysis) is 1. The second kappa shape index (κ2) is 27.7. The van der Waals surface area contributed by atoms with Crippen LogP contribution in [0.25, 0.3) is 0 Å². The van der Waals surface area contributed by atoms with Gasteiger partial charge in [-0.2, -0.15) is 0 Å². The first kappa shape index (κ1) is 64.1. The van der Waals surface area contributed by atoms with E-state index in [1.54, 1.807) is 117 Å². The van der Waals surface area contributed by atoms with Crippen LogP contribution in [0.2, 0.25) is 0 Å². The van der Waals surface area contributed by atoms with E-state index in [9.17, 15) is 29.1 Å². The zero-order chi connectivity index (χ0) is 62.8. The molecule has 88 heavy (non-hydrogen) atoms. The predicted molar refractivity (Wildman–Crippen MR) is 314 cm³/mol. The van der Waals surface area contributed by atoms with Gasteiger partial charge in [-0.05, 0) is 71.7 Å². The second-order valence-corrected chi connectivity index (χ2v) is 23.8. The van der Waals surface area contributed by atoms with Crippen LogP contribution < -0.4 is 5.32 Å². The minimum absolute atomic E-state index is 0.0172. The molecule has 1 amide bonds. The number of amides is 1. The molecule has 2 unspecified atom stereocenters. The third-order valence-corrected chi connectivity index (χ3v) is 17.3. The Morgan fingerprint density at radius 1 is 0.670 bits per heavy atom. The number of benzene rings is 5. The fourth-order valence-electron chi connectivity index (χ4n) is 12.8. The normalized spacial score (nSPS) is 25.7. The molecule has 4 aliphatic rings. The first-order chi connectivity index (χ1) is 42.1. The number of carbonyl (C=O) groups is 7. The Morgan fingerprint density at radius 3 is 1.69 bits per heavy atom. The number of hydrogen-bond acceptors (Lipinski definition) is 19. The summed E-state index contributed by atoms with van der Waals surface area (Å²) in [5, 5.41) is 17.3. The molecule has 5 aromatic rings. The third kappa shape index (κ3) is 13.9. The molecule has 11 atom stereocenters. The number of nitrogens with one attached hydrogen (secondary N) is 1. The van der Waals surface area contributed by atoms with Crippen molar-refractivity contribution in [2.75, 3.05) is 13.4 Å². The maximum atomic E-state index is 16.8. The Balaban J connectivity index is 1.18. The van der Waals surface area contributed by atoms with Crippen molar-refractivity contribution in [2.24, 2.45) is 22.7 Å². The Morgan fingerprint density at radius 2 is 1.18 bits per heavy atom. The minimum atomic E-state index is -2.56. The van der Waals surface area contributed by atoms with Crippen LogP contribution in [0.3, 0.4) is 0 Å². The summed E-state index contributed by atoms with van der Waals surface area (Å²) in [7, 11) is 0. The van der Waals surface area contributed by atoms with Crippen LogP contribution >= 0.6 is 0 Å². The van der Waals surface area contributed by atoms with Crippen LogP contribution in [-0.2, 0) is 92.9 Å². The number of aliphatic hydroxyl groups is 1. The topological polar surface area (TPSA) is 253 Å². The van der Waals surface area contributed by atoms with E-state index in [-0.39, 0.29) is 61.9 Å². The van der Waals surface area contributed by atoms with Crippen LogP contribution in [0.5, 0.6) is 0 Å². The summed E-state index contributed by atoms with van der Waals surface area (Å²) in [6.07, 6.45) is -14.3. The summed E-state index contributed by atoms with van der Waals surface area (Å²) < 4.78 is 67.5. The maximum absolute atomic E-state index is 16.8. The summed E-state index contributed by atoms with van der Waals surface area (Å²) in [5.74, 6) is -5.80. The lowest BCUT2D eigenvalue weighted by atomic mass is 9.44. The van der Waals surface area contributed by atoms with Crippen molar-refractivity contribution in [3.63, 3.8) is 0 Å². The Kier molecular flexibility index (Phi) is 20.2. The summed E-state index contributed by atoms with van der Waals surface area (Å²) >= 11 is 0. The number of fused-ring (bicyclic) bond motifs is 5. The van der Waals surface area contributed by atoms with E-state index < -0.39 is 133 Å². The van der Waals surface area contributed by atoms with Gasteiger partial charge in [-0.1, -0.05) is 167 Å². The lowest BCUT2D eigenvalue weighted by molar-refractivity contribution is -0.346. The molecule has 1 aliphatic heterocycles. The minimum Gasteiger partial charge on any atom is -0.456 e. The SMILES string of the molecule is CC(=O)O[C@@]12CO[C@@H]1C[C@H](OC(=O)OCc1ccccc1)[C@@]1(C)C(=O)[C@H](OC(=O)OCc3ccccc3)C3=C(C)[C@@H](OC(=O)[C@H](OCOCc4ccccc4)[C@H](CC(C)C)NC(=O)OCc4ccccc4)CC(O)([C@@H](OC(=O)c4ccccc4)C12)C3(C)C. The molecule has 466 valence electrons. The first-order valence-electron chi connectivity index (χ1n) is 29.3. The number of ketones is 1. The molecule has 2 bridgehead atoms.